The number of amides is 1. The van der Waals surface area contributed by atoms with Crippen LogP contribution in [0.5, 0.6) is 0 Å². The molecule has 1 N–H and O–H groups in total. The zero-order valence-electron chi connectivity index (χ0n) is 18.3. The molecule has 1 heterocycles. The highest BCUT2D eigenvalue weighted by Gasteiger charge is 2.29. The van der Waals surface area contributed by atoms with Crippen molar-refractivity contribution < 1.29 is 13.2 Å². The highest BCUT2D eigenvalue weighted by atomic mass is 32.2. The number of benzene rings is 3. The number of hydrogen-bond acceptors (Lipinski definition) is 5. The van der Waals surface area contributed by atoms with Gasteiger partial charge in [-0.1, -0.05) is 67.0 Å². The van der Waals surface area contributed by atoms with Crippen molar-refractivity contribution in [2.45, 2.75) is 43.0 Å². The van der Waals surface area contributed by atoms with Crippen molar-refractivity contribution in [3.63, 3.8) is 0 Å². The first-order valence-corrected chi connectivity index (χ1v) is 13.4. The Morgan fingerprint density at radius 2 is 1.82 bits per heavy atom. The van der Waals surface area contributed by atoms with Gasteiger partial charge < -0.3 is 0 Å². The Balaban J connectivity index is 1.39. The van der Waals surface area contributed by atoms with E-state index in [0.717, 1.165) is 53.1 Å². The minimum Gasteiger partial charge on any atom is -0.298 e. The van der Waals surface area contributed by atoms with E-state index in [4.69, 9.17) is 0 Å². The Kier molecular flexibility index (Phi) is 5.90. The Bertz CT molecular complexity index is 1440. The van der Waals surface area contributed by atoms with Crippen LogP contribution in [-0.4, -0.2) is 36.7 Å². The molecule has 0 atom stereocenters. The normalized spacial score (nSPS) is 15.3. The smallest absolute Gasteiger partial charge is 0.257 e. The van der Waals surface area contributed by atoms with Gasteiger partial charge in [0.1, 0.15) is 0 Å². The maximum Gasteiger partial charge on any atom is 0.257 e. The third-order valence-corrected chi connectivity index (χ3v) is 9.21. The zero-order valence-corrected chi connectivity index (χ0v) is 20.0. The molecule has 0 saturated heterocycles. The lowest BCUT2D eigenvalue weighted by atomic mass is 9.96. The van der Waals surface area contributed by atoms with Crippen LogP contribution >= 0.6 is 11.3 Å². The number of thiazole rings is 1. The summed E-state index contributed by atoms with van der Waals surface area (Å²) in [4.78, 5) is 17.7. The third-order valence-electron chi connectivity index (χ3n) is 6.37. The number of sulfonamides is 1. The molecule has 4 aromatic rings. The summed E-state index contributed by atoms with van der Waals surface area (Å²) in [6, 6.07) is 18.3. The Morgan fingerprint density at radius 3 is 2.64 bits per heavy atom. The van der Waals surface area contributed by atoms with E-state index >= 15 is 0 Å². The van der Waals surface area contributed by atoms with Crippen molar-refractivity contribution in [2.24, 2.45) is 0 Å². The van der Waals surface area contributed by atoms with Crippen molar-refractivity contribution >= 4 is 53.4 Å². The topological polar surface area (TPSA) is 79.4 Å². The van der Waals surface area contributed by atoms with Crippen LogP contribution in [0.3, 0.4) is 0 Å². The van der Waals surface area contributed by atoms with Crippen LogP contribution in [0.2, 0.25) is 0 Å². The van der Waals surface area contributed by atoms with E-state index in [1.165, 1.54) is 21.7 Å². The van der Waals surface area contributed by atoms with Crippen LogP contribution in [0.4, 0.5) is 5.13 Å². The molecule has 0 radical (unpaired) electrons. The van der Waals surface area contributed by atoms with Gasteiger partial charge in [0.05, 0.1) is 15.1 Å². The number of nitrogens with zero attached hydrogens (tertiary/aromatic N) is 2. The molecule has 5 rings (SSSR count). The SMILES string of the molecule is CN(C1CCCCC1)S(=O)(=O)c1cccc(C(=O)Nc2nc3c(ccc4ccccc43)s2)c1. The molecule has 1 aromatic heterocycles. The summed E-state index contributed by atoms with van der Waals surface area (Å²) in [5.41, 5.74) is 1.14. The first kappa shape index (κ1) is 22.0. The van der Waals surface area contributed by atoms with E-state index in [2.05, 4.69) is 10.3 Å². The summed E-state index contributed by atoms with van der Waals surface area (Å²) in [7, 11) is -2.03. The van der Waals surface area contributed by atoms with Gasteiger partial charge in [0.2, 0.25) is 10.0 Å². The number of carbonyl (C=O) groups excluding carboxylic acids is 1. The second-order valence-electron chi connectivity index (χ2n) is 8.45. The fourth-order valence-corrected chi connectivity index (χ4v) is 6.83. The molecule has 170 valence electrons. The summed E-state index contributed by atoms with van der Waals surface area (Å²) in [5, 5.41) is 5.45. The van der Waals surface area contributed by atoms with Crippen molar-refractivity contribution in [2.75, 3.05) is 12.4 Å². The van der Waals surface area contributed by atoms with Crippen LogP contribution in [0.1, 0.15) is 42.5 Å². The average molecular weight is 480 g/mol. The number of aromatic nitrogens is 1. The lowest BCUT2D eigenvalue weighted by Gasteiger charge is -2.30. The van der Waals surface area contributed by atoms with Crippen LogP contribution in [0, 0.1) is 0 Å². The molecule has 33 heavy (non-hydrogen) atoms. The number of anilines is 1. The van der Waals surface area contributed by atoms with Crippen LogP contribution in [0.25, 0.3) is 21.0 Å². The van der Waals surface area contributed by atoms with Gasteiger partial charge in [0.25, 0.3) is 5.91 Å². The molecule has 6 nitrogen and oxygen atoms in total. The van der Waals surface area contributed by atoms with E-state index in [0.29, 0.717) is 5.13 Å². The molecule has 0 aliphatic heterocycles. The maximum absolute atomic E-state index is 13.2. The predicted octanol–water partition coefficient (Wildman–Crippen LogP) is 5.66. The standard InChI is InChI=1S/C25H25N3O3S2/c1-28(19-10-3-2-4-11-19)33(30,31)20-12-7-9-18(16-20)24(29)27-25-26-23-21-13-6-5-8-17(21)14-15-22(23)32-25/h5-9,12-16,19H,2-4,10-11H2,1H3,(H,26,27,29). The van der Waals surface area contributed by atoms with Gasteiger partial charge in [-0.15, -0.1) is 0 Å². The molecular formula is C25H25N3O3S2. The van der Waals surface area contributed by atoms with Crippen LogP contribution < -0.4 is 5.32 Å². The zero-order chi connectivity index (χ0) is 23.0. The Labute approximate surface area is 197 Å². The predicted molar refractivity (Wildman–Crippen MR) is 133 cm³/mol. The van der Waals surface area contributed by atoms with Crippen molar-refractivity contribution in [1.82, 2.24) is 9.29 Å². The number of fused-ring (bicyclic) bond motifs is 3. The second kappa shape index (κ2) is 8.85. The van der Waals surface area contributed by atoms with Crippen LogP contribution in [-0.2, 0) is 10.0 Å². The molecule has 1 saturated carbocycles. The fraction of sp³-hybridized carbons (Fsp3) is 0.280. The fourth-order valence-electron chi connectivity index (χ4n) is 4.49. The van der Waals surface area contributed by atoms with Crippen molar-refractivity contribution in [3.8, 4) is 0 Å². The van der Waals surface area contributed by atoms with Gasteiger partial charge in [-0.25, -0.2) is 13.4 Å². The molecule has 3 aromatic carbocycles. The molecule has 0 spiro atoms. The summed E-state index contributed by atoms with van der Waals surface area (Å²) in [6.45, 7) is 0. The molecule has 8 heteroatoms. The number of nitrogens with one attached hydrogen (secondary N) is 1. The van der Waals surface area contributed by atoms with Crippen molar-refractivity contribution in [1.29, 1.82) is 0 Å². The first-order valence-electron chi connectivity index (χ1n) is 11.1. The molecule has 1 amide bonds. The van der Waals surface area contributed by atoms with E-state index < -0.39 is 10.0 Å². The lowest BCUT2D eigenvalue weighted by Crippen LogP contribution is -2.38. The average Bonchev–Trinajstić information content (AvgIpc) is 3.27. The lowest BCUT2D eigenvalue weighted by molar-refractivity contribution is 0.102. The molecule has 1 aliphatic carbocycles. The highest BCUT2D eigenvalue weighted by Crippen LogP contribution is 2.32. The van der Waals surface area contributed by atoms with Crippen LogP contribution in [0.15, 0.2) is 65.6 Å². The van der Waals surface area contributed by atoms with Gasteiger partial charge in [-0.3, -0.25) is 10.1 Å². The third kappa shape index (κ3) is 4.26. The summed E-state index contributed by atoms with van der Waals surface area (Å²) in [5.74, 6) is -0.379. The minimum absolute atomic E-state index is 0.0128. The highest BCUT2D eigenvalue weighted by molar-refractivity contribution is 7.89. The summed E-state index contributed by atoms with van der Waals surface area (Å²) < 4.78 is 28.8. The van der Waals surface area contributed by atoms with Crippen molar-refractivity contribution in [3.05, 3.63) is 66.2 Å². The van der Waals surface area contributed by atoms with Gasteiger partial charge in [0, 0.05) is 24.0 Å². The monoisotopic (exact) mass is 479 g/mol. The Morgan fingerprint density at radius 1 is 1.03 bits per heavy atom. The number of hydrogen-bond donors (Lipinski definition) is 1. The summed E-state index contributed by atoms with van der Waals surface area (Å²) in [6.07, 6.45) is 5.00. The Hall–Kier alpha value is -2.81. The van der Waals surface area contributed by atoms with Gasteiger partial charge in [0.15, 0.2) is 5.13 Å². The maximum atomic E-state index is 13.2. The largest absolute Gasteiger partial charge is 0.298 e. The van der Waals surface area contributed by atoms with E-state index in [-0.39, 0.29) is 22.4 Å². The van der Waals surface area contributed by atoms with Gasteiger partial charge in [-0.2, -0.15) is 4.31 Å². The molecule has 1 fully saturated rings. The van der Waals surface area contributed by atoms with Gasteiger partial charge in [-0.05, 0) is 42.5 Å². The molecule has 0 unspecified atom stereocenters. The van der Waals surface area contributed by atoms with Gasteiger partial charge >= 0.3 is 0 Å². The first-order chi connectivity index (χ1) is 15.9. The number of carbonyl (C=O) groups is 1. The number of rotatable bonds is 5. The quantitative estimate of drug-likeness (QED) is 0.401. The van der Waals surface area contributed by atoms with E-state index in [1.54, 1.807) is 25.2 Å². The van der Waals surface area contributed by atoms with E-state index in [1.807, 2.05) is 36.4 Å². The second-order valence-corrected chi connectivity index (χ2v) is 11.5. The summed E-state index contributed by atoms with van der Waals surface area (Å²) >= 11 is 1.40. The molecule has 1 aliphatic rings. The minimum atomic E-state index is -3.67. The molecular weight excluding hydrogens is 454 g/mol. The van der Waals surface area contributed by atoms with E-state index in [9.17, 15) is 13.2 Å². The molecule has 0 bridgehead atoms.